The lowest BCUT2D eigenvalue weighted by molar-refractivity contribution is 0.421. The van der Waals surface area contributed by atoms with Crippen molar-refractivity contribution in [2.24, 2.45) is 11.8 Å². The van der Waals surface area contributed by atoms with Crippen LogP contribution in [0.2, 0.25) is 0 Å². The van der Waals surface area contributed by atoms with E-state index in [9.17, 15) is 0 Å². The van der Waals surface area contributed by atoms with E-state index in [1.54, 1.807) is 0 Å². The van der Waals surface area contributed by atoms with Gasteiger partial charge in [0.25, 0.3) is 0 Å². The SMILES string of the molecule is Cc1cc(C)cc(C(NN)C(C)C)c1. The van der Waals surface area contributed by atoms with E-state index >= 15 is 0 Å². The lowest BCUT2D eigenvalue weighted by Crippen LogP contribution is -2.31. The number of rotatable bonds is 3. The van der Waals surface area contributed by atoms with Crippen LogP contribution in [0.3, 0.4) is 0 Å². The zero-order valence-electron chi connectivity index (χ0n) is 9.46. The van der Waals surface area contributed by atoms with Crippen LogP contribution in [0.4, 0.5) is 0 Å². The number of aryl methyl sites for hydroxylation is 2. The van der Waals surface area contributed by atoms with Gasteiger partial charge in [0.2, 0.25) is 0 Å². The molecule has 0 saturated heterocycles. The van der Waals surface area contributed by atoms with Gasteiger partial charge < -0.3 is 0 Å². The van der Waals surface area contributed by atoms with Crippen LogP contribution in [-0.4, -0.2) is 0 Å². The number of hydrazine groups is 1. The summed E-state index contributed by atoms with van der Waals surface area (Å²) in [5.41, 5.74) is 6.74. The van der Waals surface area contributed by atoms with E-state index in [2.05, 4.69) is 51.3 Å². The van der Waals surface area contributed by atoms with Crippen molar-refractivity contribution >= 4 is 0 Å². The first-order valence-corrected chi connectivity index (χ1v) is 5.09. The molecule has 0 spiro atoms. The molecule has 0 saturated carbocycles. The molecule has 14 heavy (non-hydrogen) atoms. The molecule has 1 unspecified atom stereocenters. The van der Waals surface area contributed by atoms with Crippen LogP contribution in [0.15, 0.2) is 18.2 Å². The van der Waals surface area contributed by atoms with Gasteiger partial charge in [0.15, 0.2) is 0 Å². The molecule has 3 N–H and O–H groups in total. The molecule has 1 aromatic rings. The molecule has 0 aliphatic rings. The molecule has 0 heterocycles. The largest absolute Gasteiger partial charge is 0.271 e. The Morgan fingerprint density at radius 3 is 1.93 bits per heavy atom. The fraction of sp³-hybridized carbons (Fsp3) is 0.500. The summed E-state index contributed by atoms with van der Waals surface area (Å²) in [6.07, 6.45) is 0. The highest BCUT2D eigenvalue weighted by Gasteiger charge is 2.13. The number of hydrogen-bond acceptors (Lipinski definition) is 2. The summed E-state index contributed by atoms with van der Waals surface area (Å²) in [5.74, 6) is 6.06. The third kappa shape index (κ3) is 2.56. The Morgan fingerprint density at radius 1 is 1.07 bits per heavy atom. The van der Waals surface area contributed by atoms with Crippen LogP contribution in [0.25, 0.3) is 0 Å². The monoisotopic (exact) mass is 192 g/mol. The molecule has 1 aromatic carbocycles. The van der Waals surface area contributed by atoms with Crippen molar-refractivity contribution in [3.05, 3.63) is 34.9 Å². The van der Waals surface area contributed by atoms with Crippen molar-refractivity contribution in [1.29, 1.82) is 0 Å². The highest BCUT2D eigenvalue weighted by Crippen LogP contribution is 2.22. The number of benzene rings is 1. The molecule has 2 nitrogen and oxygen atoms in total. The molecule has 78 valence electrons. The molecule has 2 heteroatoms. The average Bonchev–Trinajstić information content (AvgIpc) is 2.02. The second-order valence-electron chi connectivity index (χ2n) is 4.31. The maximum atomic E-state index is 5.56. The molecular weight excluding hydrogens is 172 g/mol. The molecule has 0 amide bonds. The summed E-state index contributed by atoms with van der Waals surface area (Å²) < 4.78 is 0. The summed E-state index contributed by atoms with van der Waals surface area (Å²) in [6, 6.07) is 6.81. The lowest BCUT2D eigenvalue weighted by Gasteiger charge is -2.21. The number of hydrogen-bond donors (Lipinski definition) is 2. The smallest absolute Gasteiger partial charge is 0.0483 e. The predicted octanol–water partition coefficient (Wildman–Crippen LogP) is 2.46. The highest BCUT2D eigenvalue weighted by atomic mass is 15.2. The van der Waals surface area contributed by atoms with Gasteiger partial charge in [-0.3, -0.25) is 11.3 Å². The summed E-state index contributed by atoms with van der Waals surface area (Å²) in [6.45, 7) is 8.57. The molecule has 0 bridgehead atoms. The Morgan fingerprint density at radius 2 is 1.57 bits per heavy atom. The molecule has 0 aliphatic carbocycles. The fourth-order valence-corrected chi connectivity index (χ4v) is 1.86. The highest BCUT2D eigenvalue weighted by molar-refractivity contribution is 5.30. The minimum Gasteiger partial charge on any atom is -0.271 e. The third-order valence-corrected chi connectivity index (χ3v) is 2.45. The molecule has 0 radical (unpaired) electrons. The third-order valence-electron chi connectivity index (χ3n) is 2.45. The van der Waals surface area contributed by atoms with Crippen LogP contribution < -0.4 is 11.3 Å². The van der Waals surface area contributed by atoms with E-state index in [-0.39, 0.29) is 6.04 Å². The Balaban J connectivity index is 3.04. The van der Waals surface area contributed by atoms with Gasteiger partial charge in [0, 0.05) is 6.04 Å². The van der Waals surface area contributed by atoms with Crippen LogP contribution in [-0.2, 0) is 0 Å². The van der Waals surface area contributed by atoms with Gasteiger partial charge in [-0.05, 0) is 25.3 Å². The van der Waals surface area contributed by atoms with Gasteiger partial charge >= 0.3 is 0 Å². The van der Waals surface area contributed by atoms with Gasteiger partial charge in [0.05, 0.1) is 0 Å². The maximum absolute atomic E-state index is 5.56. The first kappa shape index (κ1) is 11.2. The molecule has 0 aliphatic heterocycles. The van der Waals surface area contributed by atoms with E-state index < -0.39 is 0 Å². The Bertz CT molecular complexity index is 285. The normalized spacial score (nSPS) is 13.3. The fourth-order valence-electron chi connectivity index (χ4n) is 1.86. The maximum Gasteiger partial charge on any atom is 0.0483 e. The van der Waals surface area contributed by atoms with Crippen molar-refractivity contribution < 1.29 is 0 Å². The average molecular weight is 192 g/mol. The molecular formula is C12H20N2. The summed E-state index contributed by atoms with van der Waals surface area (Å²) >= 11 is 0. The first-order chi connectivity index (χ1) is 6.54. The van der Waals surface area contributed by atoms with Gasteiger partial charge in [-0.2, -0.15) is 0 Å². The van der Waals surface area contributed by atoms with E-state index in [4.69, 9.17) is 5.84 Å². The molecule has 0 aromatic heterocycles. The van der Waals surface area contributed by atoms with Crippen LogP contribution >= 0.6 is 0 Å². The molecule has 1 atom stereocenters. The van der Waals surface area contributed by atoms with Gasteiger partial charge in [-0.25, -0.2) is 0 Å². The minimum atomic E-state index is 0.244. The standard InChI is InChI=1S/C12H20N2/c1-8(2)12(14-13)11-6-9(3)5-10(4)7-11/h5-8,12,14H,13H2,1-4H3. The second-order valence-corrected chi connectivity index (χ2v) is 4.31. The number of nitrogens with two attached hydrogens (primary N) is 1. The van der Waals surface area contributed by atoms with E-state index in [1.807, 2.05) is 0 Å². The van der Waals surface area contributed by atoms with Gasteiger partial charge in [0.1, 0.15) is 0 Å². The van der Waals surface area contributed by atoms with Crippen molar-refractivity contribution in [2.45, 2.75) is 33.7 Å². The summed E-state index contributed by atoms with van der Waals surface area (Å²) in [5, 5.41) is 0. The van der Waals surface area contributed by atoms with Crippen molar-refractivity contribution in [1.82, 2.24) is 5.43 Å². The lowest BCUT2D eigenvalue weighted by atomic mass is 9.94. The van der Waals surface area contributed by atoms with Crippen LogP contribution in [0, 0.1) is 19.8 Å². The van der Waals surface area contributed by atoms with Crippen LogP contribution in [0.5, 0.6) is 0 Å². The molecule has 1 rings (SSSR count). The Labute approximate surface area is 86.5 Å². The Hall–Kier alpha value is -0.860. The van der Waals surface area contributed by atoms with Crippen molar-refractivity contribution in [2.75, 3.05) is 0 Å². The summed E-state index contributed by atoms with van der Waals surface area (Å²) in [4.78, 5) is 0. The first-order valence-electron chi connectivity index (χ1n) is 5.09. The zero-order valence-corrected chi connectivity index (χ0v) is 9.46. The topological polar surface area (TPSA) is 38.0 Å². The van der Waals surface area contributed by atoms with Gasteiger partial charge in [-0.1, -0.05) is 43.2 Å². The second kappa shape index (κ2) is 4.58. The Kier molecular flexibility index (Phi) is 3.67. The summed E-state index contributed by atoms with van der Waals surface area (Å²) in [7, 11) is 0. The minimum absolute atomic E-state index is 0.244. The predicted molar refractivity (Wildman–Crippen MR) is 60.8 cm³/mol. The van der Waals surface area contributed by atoms with Crippen LogP contribution in [0.1, 0.15) is 36.6 Å². The van der Waals surface area contributed by atoms with Gasteiger partial charge in [-0.15, -0.1) is 0 Å². The quantitative estimate of drug-likeness (QED) is 0.570. The van der Waals surface area contributed by atoms with E-state index in [1.165, 1.54) is 16.7 Å². The zero-order chi connectivity index (χ0) is 10.7. The molecule has 0 fully saturated rings. The van der Waals surface area contributed by atoms with E-state index in [0.717, 1.165) is 0 Å². The van der Waals surface area contributed by atoms with Crippen molar-refractivity contribution in [3.8, 4) is 0 Å². The van der Waals surface area contributed by atoms with E-state index in [0.29, 0.717) is 5.92 Å². The number of nitrogens with one attached hydrogen (secondary N) is 1. The van der Waals surface area contributed by atoms with Crippen molar-refractivity contribution in [3.63, 3.8) is 0 Å².